The zero-order valence-electron chi connectivity index (χ0n) is 20.2. The summed E-state index contributed by atoms with van der Waals surface area (Å²) in [4.78, 5) is 26.9. The molecule has 3 aromatic carbocycles. The summed E-state index contributed by atoms with van der Waals surface area (Å²) in [6, 6.07) is 21.1. The van der Waals surface area contributed by atoms with Crippen molar-refractivity contribution in [3.63, 3.8) is 0 Å². The number of hydrogen-bond acceptors (Lipinski definition) is 5. The van der Waals surface area contributed by atoms with Gasteiger partial charge in [-0.15, -0.1) is 0 Å². The van der Waals surface area contributed by atoms with Crippen LogP contribution in [0.2, 0.25) is 10.0 Å². The zero-order chi connectivity index (χ0) is 26.5. The Kier molecular flexibility index (Phi) is 6.34. The minimum atomic E-state index is -1.68. The smallest absolute Gasteiger partial charge is 0.263 e. The fraction of sp³-hybridized carbons (Fsp3) is 0.286. The van der Waals surface area contributed by atoms with Gasteiger partial charge in [0.25, 0.3) is 5.91 Å². The van der Waals surface area contributed by atoms with Crippen LogP contribution in [0.15, 0.2) is 84.0 Å². The van der Waals surface area contributed by atoms with E-state index >= 15 is 0 Å². The Morgan fingerprint density at radius 3 is 2.05 bits per heavy atom. The van der Waals surface area contributed by atoms with E-state index in [-0.39, 0.29) is 11.3 Å². The number of rotatable bonds is 4. The van der Waals surface area contributed by atoms with Gasteiger partial charge in [0, 0.05) is 15.0 Å². The van der Waals surface area contributed by atoms with Crippen LogP contribution in [0.3, 0.4) is 0 Å². The highest BCUT2D eigenvalue weighted by molar-refractivity contribution is 6.30. The van der Waals surface area contributed by atoms with Gasteiger partial charge in [-0.25, -0.2) is 0 Å². The van der Waals surface area contributed by atoms with Crippen LogP contribution in [0.25, 0.3) is 0 Å². The first-order chi connectivity index (χ1) is 17.6. The van der Waals surface area contributed by atoms with Crippen molar-refractivity contribution in [2.45, 2.75) is 43.7 Å². The lowest BCUT2D eigenvalue weighted by Gasteiger charge is -2.53. The number of aliphatic hydroxyl groups is 1. The second-order valence-electron chi connectivity index (χ2n) is 9.89. The summed E-state index contributed by atoms with van der Waals surface area (Å²) in [5.41, 5.74) is -1.32. The lowest BCUT2D eigenvalue weighted by atomic mass is 9.49. The van der Waals surface area contributed by atoms with Gasteiger partial charge in [-0.2, -0.15) is 10.1 Å². The van der Waals surface area contributed by atoms with E-state index in [1.165, 1.54) is 5.01 Å². The Labute approximate surface area is 224 Å². The minimum absolute atomic E-state index is 0.0222. The SMILES string of the molecule is CC1=NN(c2ccccc2)C(=O)[C@@]12[C@H](c1ccc(Cl)cc1)[C@@H]([N+](=O)[O-])[C@H](c1ccc(Cl)cc1)C[C@@]2(C)O. The van der Waals surface area contributed by atoms with Crippen molar-refractivity contribution < 1.29 is 14.8 Å². The first-order valence-electron chi connectivity index (χ1n) is 11.9. The maximum atomic E-state index is 14.4. The minimum Gasteiger partial charge on any atom is -0.389 e. The molecule has 3 aromatic rings. The van der Waals surface area contributed by atoms with Crippen LogP contribution >= 0.6 is 23.2 Å². The predicted molar refractivity (Wildman–Crippen MR) is 144 cm³/mol. The molecule has 7 nitrogen and oxygen atoms in total. The van der Waals surface area contributed by atoms with Gasteiger partial charge in [-0.05, 0) is 67.8 Å². The normalized spacial score (nSPS) is 29.4. The van der Waals surface area contributed by atoms with Gasteiger partial charge in [-0.1, -0.05) is 65.7 Å². The molecule has 5 atom stereocenters. The van der Waals surface area contributed by atoms with Gasteiger partial charge in [0.15, 0.2) is 0 Å². The highest BCUT2D eigenvalue weighted by atomic mass is 35.5. The number of nitro groups is 1. The highest BCUT2D eigenvalue weighted by Crippen LogP contribution is 2.61. The molecule has 0 radical (unpaired) electrons. The van der Waals surface area contributed by atoms with E-state index in [0.29, 0.717) is 32.6 Å². The van der Waals surface area contributed by atoms with Gasteiger partial charge >= 0.3 is 0 Å². The third-order valence-electron chi connectivity index (χ3n) is 7.81. The molecule has 1 fully saturated rings. The number of benzene rings is 3. The van der Waals surface area contributed by atoms with Gasteiger partial charge in [0.2, 0.25) is 6.04 Å². The number of anilines is 1. The summed E-state index contributed by atoms with van der Waals surface area (Å²) >= 11 is 12.3. The molecule has 1 heterocycles. The third-order valence-corrected chi connectivity index (χ3v) is 8.31. The molecule has 190 valence electrons. The van der Waals surface area contributed by atoms with E-state index in [2.05, 4.69) is 5.10 Å². The molecule has 1 aliphatic heterocycles. The monoisotopic (exact) mass is 537 g/mol. The zero-order valence-corrected chi connectivity index (χ0v) is 21.7. The van der Waals surface area contributed by atoms with Crippen molar-refractivity contribution in [3.8, 4) is 0 Å². The third kappa shape index (κ3) is 3.93. The first-order valence-corrected chi connectivity index (χ1v) is 12.7. The molecule has 1 spiro atoms. The van der Waals surface area contributed by atoms with Gasteiger partial charge < -0.3 is 5.11 Å². The van der Waals surface area contributed by atoms with Crippen LogP contribution in [0.4, 0.5) is 5.69 Å². The summed E-state index contributed by atoms with van der Waals surface area (Å²) in [7, 11) is 0. The Morgan fingerprint density at radius 2 is 1.51 bits per heavy atom. The summed E-state index contributed by atoms with van der Waals surface area (Å²) in [5, 5.41) is 31.9. The predicted octanol–water partition coefficient (Wildman–Crippen LogP) is 6.07. The molecule has 1 amide bonds. The van der Waals surface area contributed by atoms with E-state index in [1.807, 2.05) is 6.07 Å². The fourth-order valence-corrected chi connectivity index (χ4v) is 6.51. The second kappa shape index (κ2) is 9.24. The van der Waals surface area contributed by atoms with E-state index in [1.54, 1.807) is 86.6 Å². The van der Waals surface area contributed by atoms with E-state index in [4.69, 9.17) is 23.2 Å². The van der Waals surface area contributed by atoms with E-state index in [0.717, 1.165) is 0 Å². The molecule has 0 saturated heterocycles. The van der Waals surface area contributed by atoms with Gasteiger partial charge in [-0.3, -0.25) is 14.9 Å². The van der Waals surface area contributed by atoms with E-state index in [9.17, 15) is 20.0 Å². The first kappa shape index (κ1) is 25.4. The number of nitrogens with zero attached hydrogens (tertiary/aromatic N) is 3. The van der Waals surface area contributed by atoms with Gasteiger partial charge in [0.1, 0.15) is 5.41 Å². The van der Waals surface area contributed by atoms with Crippen LogP contribution in [0, 0.1) is 15.5 Å². The summed E-state index contributed by atoms with van der Waals surface area (Å²) in [5.74, 6) is -2.23. The molecule has 2 aliphatic rings. The van der Waals surface area contributed by atoms with E-state index < -0.39 is 34.8 Å². The number of amides is 1. The summed E-state index contributed by atoms with van der Waals surface area (Å²) < 4.78 is 0. The maximum absolute atomic E-state index is 14.4. The van der Waals surface area contributed by atoms with Crippen LogP contribution in [0.1, 0.15) is 43.2 Å². The molecular weight excluding hydrogens is 513 g/mol. The number of carbonyl (C=O) groups is 1. The average molecular weight is 538 g/mol. The molecule has 9 heteroatoms. The Morgan fingerprint density at radius 1 is 0.973 bits per heavy atom. The molecule has 0 bridgehead atoms. The maximum Gasteiger partial charge on any atom is 0.263 e. The molecule has 1 N–H and O–H groups in total. The number of para-hydroxylation sites is 1. The molecule has 5 rings (SSSR count). The molecule has 1 saturated carbocycles. The standard InChI is InChI=1S/C28H25Cl2N3O4/c1-17-28(26(34)32(31-17)22-6-4-3-5-7-22)24(19-10-14-21(30)15-11-19)25(33(36)37)23(16-27(28,2)35)18-8-12-20(29)13-9-18/h3-15,23-25,35H,16H2,1-2H3/t23-,24+,25-,27+,28-/m0/s1. The quantitative estimate of drug-likeness (QED) is 0.322. The van der Waals surface area contributed by atoms with Crippen molar-refractivity contribution >= 4 is 40.5 Å². The lowest BCUT2D eigenvalue weighted by molar-refractivity contribution is -0.539. The molecule has 37 heavy (non-hydrogen) atoms. The molecule has 1 aliphatic carbocycles. The van der Waals surface area contributed by atoms with Gasteiger partial charge in [0.05, 0.1) is 28.8 Å². The summed E-state index contributed by atoms with van der Waals surface area (Å²) in [6.07, 6.45) is -0.0222. The average Bonchev–Trinajstić information content (AvgIpc) is 3.13. The summed E-state index contributed by atoms with van der Waals surface area (Å²) in [6.45, 7) is 3.25. The van der Waals surface area contributed by atoms with Crippen molar-refractivity contribution in [2.24, 2.45) is 10.5 Å². The highest BCUT2D eigenvalue weighted by Gasteiger charge is 2.72. The number of hydrazone groups is 1. The number of carbonyl (C=O) groups excluding carboxylic acids is 1. The Hall–Kier alpha value is -3.26. The number of halogens is 2. The van der Waals surface area contributed by atoms with Crippen molar-refractivity contribution in [1.82, 2.24) is 0 Å². The largest absolute Gasteiger partial charge is 0.389 e. The van der Waals surface area contributed by atoms with Crippen LogP contribution < -0.4 is 5.01 Å². The molecule has 0 aromatic heterocycles. The Bertz CT molecular complexity index is 1380. The molecular formula is C28H25Cl2N3O4. The van der Waals surface area contributed by atoms with Crippen molar-refractivity contribution in [2.75, 3.05) is 5.01 Å². The Balaban J connectivity index is 1.76. The van der Waals surface area contributed by atoms with Crippen molar-refractivity contribution in [3.05, 3.63) is 110 Å². The number of hydrogen-bond donors (Lipinski definition) is 1. The fourth-order valence-electron chi connectivity index (χ4n) is 6.26. The topological polar surface area (TPSA) is 96.0 Å². The van der Waals surface area contributed by atoms with Crippen LogP contribution in [0.5, 0.6) is 0 Å². The van der Waals surface area contributed by atoms with Crippen LogP contribution in [-0.4, -0.2) is 33.3 Å². The van der Waals surface area contributed by atoms with Crippen molar-refractivity contribution in [1.29, 1.82) is 0 Å². The van der Waals surface area contributed by atoms with Crippen LogP contribution in [-0.2, 0) is 4.79 Å². The second-order valence-corrected chi connectivity index (χ2v) is 10.8. The lowest BCUT2D eigenvalue weighted by Crippen LogP contribution is -2.66. The molecule has 0 unspecified atom stereocenters.